The minimum absolute atomic E-state index is 0.293. The first-order chi connectivity index (χ1) is 9.60. The van der Waals surface area contributed by atoms with Gasteiger partial charge in [0.15, 0.2) is 0 Å². The van der Waals surface area contributed by atoms with Crippen LogP contribution in [-0.2, 0) is 6.42 Å². The van der Waals surface area contributed by atoms with Gasteiger partial charge in [-0.15, -0.1) is 11.3 Å². The Bertz CT molecular complexity index is 565. The van der Waals surface area contributed by atoms with Crippen LogP contribution in [-0.4, -0.2) is 11.5 Å². The van der Waals surface area contributed by atoms with E-state index in [9.17, 15) is 0 Å². The zero-order valence-electron chi connectivity index (χ0n) is 12.2. The Morgan fingerprint density at radius 3 is 2.75 bits per heavy atom. The van der Waals surface area contributed by atoms with Crippen LogP contribution in [0.3, 0.4) is 0 Å². The van der Waals surface area contributed by atoms with Gasteiger partial charge in [0.25, 0.3) is 0 Å². The Labute approximate surface area is 133 Å². The van der Waals surface area contributed by atoms with E-state index in [4.69, 9.17) is 0 Å². The van der Waals surface area contributed by atoms with Gasteiger partial charge in [0.05, 0.1) is 11.7 Å². The fourth-order valence-corrected chi connectivity index (χ4v) is 3.83. The van der Waals surface area contributed by atoms with Gasteiger partial charge in [-0.05, 0) is 59.9 Å². The van der Waals surface area contributed by atoms with Crippen LogP contribution in [0.15, 0.2) is 28.2 Å². The van der Waals surface area contributed by atoms with Crippen molar-refractivity contribution in [2.45, 2.75) is 39.7 Å². The second-order valence-corrected chi connectivity index (χ2v) is 7.07. The fraction of sp³-hybridized carbons (Fsp3) is 0.438. The van der Waals surface area contributed by atoms with Crippen molar-refractivity contribution >= 4 is 27.3 Å². The molecule has 0 spiro atoms. The minimum Gasteiger partial charge on any atom is -0.308 e. The van der Waals surface area contributed by atoms with Gasteiger partial charge in [0.2, 0.25) is 0 Å². The molecule has 0 aliphatic heterocycles. The number of nitrogens with zero attached hydrogens (tertiary/aromatic N) is 1. The normalized spacial score (nSPS) is 12.6. The van der Waals surface area contributed by atoms with Crippen LogP contribution in [0.4, 0.5) is 0 Å². The highest BCUT2D eigenvalue weighted by atomic mass is 79.9. The Morgan fingerprint density at radius 1 is 1.35 bits per heavy atom. The molecule has 0 saturated carbocycles. The molecule has 4 heteroatoms. The molecule has 20 heavy (non-hydrogen) atoms. The van der Waals surface area contributed by atoms with Gasteiger partial charge in [-0.2, -0.15) is 0 Å². The Kier molecular flexibility index (Phi) is 5.75. The maximum Gasteiger partial charge on any atom is 0.0606 e. The fourth-order valence-electron chi connectivity index (χ4n) is 2.34. The zero-order valence-corrected chi connectivity index (χ0v) is 14.6. The number of halogens is 1. The molecule has 0 aliphatic carbocycles. The van der Waals surface area contributed by atoms with Crippen LogP contribution in [0.1, 0.15) is 41.1 Å². The van der Waals surface area contributed by atoms with E-state index in [1.807, 2.05) is 6.20 Å². The molecule has 2 aromatic rings. The molecule has 2 rings (SSSR count). The lowest BCUT2D eigenvalue weighted by atomic mass is 10.0. The second kappa shape index (κ2) is 7.34. The SMILES string of the molecule is CCCNC(Cc1cc(Br)cs1)c1ncc(C)cc1C. The number of aryl methyl sites for hydroxylation is 2. The van der Waals surface area contributed by atoms with E-state index in [0.29, 0.717) is 6.04 Å². The highest BCUT2D eigenvalue weighted by Crippen LogP contribution is 2.26. The van der Waals surface area contributed by atoms with Gasteiger partial charge >= 0.3 is 0 Å². The lowest BCUT2D eigenvalue weighted by Gasteiger charge is -2.19. The Hall–Kier alpha value is -0.710. The summed E-state index contributed by atoms with van der Waals surface area (Å²) in [6.07, 6.45) is 4.09. The second-order valence-electron chi connectivity index (χ2n) is 5.16. The molecule has 0 amide bonds. The quantitative estimate of drug-likeness (QED) is 0.806. The van der Waals surface area contributed by atoms with E-state index in [2.05, 4.69) is 64.5 Å². The van der Waals surface area contributed by atoms with Crippen LogP contribution in [0.25, 0.3) is 0 Å². The van der Waals surface area contributed by atoms with Crippen LogP contribution in [0.5, 0.6) is 0 Å². The average Bonchev–Trinajstić information content (AvgIpc) is 2.80. The van der Waals surface area contributed by atoms with Crippen molar-refractivity contribution in [1.82, 2.24) is 10.3 Å². The van der Waals surface area contributed by atoms with Crippen LogP contribution < -0.4 is 5.32 Å². The lowest BCUT2D eigenvalue weighted by Crippen LogP contribution is -2.25. The molecule has 1 N–H and O–H groups in total. The molecule has 0 fully saturated rings. The smallest absolute Gasteiger partial charge is 0.0606 e. The molecule has 0 saturated heterocycles. The monoisotopic (exact) mass is 352 g/mol. The van der Waals surface area contributed by atoms with Crippen LogP contribution in [0, 0.1) is 13.8 Å². The van der Waals surface area contributed by atoms with Gasteiger partial charge in [-0.1, -0.05) is 13.0 Å². The third-order valence-electron chi connectivity index (χ3n) is 3.25. The molecule has 0 bridgehead atoms. The summed E-state index contributed by atoms with van der Waals surface area (Å²) in [6, 6.07) is 4.71. The summed E-state index contributed by atoms with van der Waals surface area (Å²) >= 11 is 5.33. The Balaban J connectivity index is 2.22. The van der Waals surface area contributed by atoms with E-state index in [0.717, 1.165) is 19.4 Å². The van der Waals surface area contributed by atoms with E-state index in [1.54, 1.807) is 11.3 Å². The van der Waals surface area contributed by atoms with Gasteiger partial charge in [0.1, 0.15) is 0 Å². The summed E-state index contributed by atoms with van der Waals surface area (Å²) < 4.78 is 1.17. The zero-order chi connectivity index (χ0) is 14.5. The number of hydrogen-bond donors (Lipinski definition) is 1. The van der Waals surface area contributed by atoms with Crippen LogP contribution in [0.2, 0.25) is 0 Å². The molecule has 2 aromatic heterocycles. The molecule has 2 nitrogen and oxygen atoms in total. The summed E-state index contributed by atoms with van der Waals surface area (Å²) in [5.41, 5.74) is 3.67. The molecular formula is C16H21BrN2S. The Morgan fingerprint density at radius 2 is 2.15 bits per heavy atom. The van der Waals surface area contributed by atoms with Gasteiger partial charge in [0, 0.05) is 27.3 Å². The van der Waals surface area contributed by atoms with E-state index >= 15 is 0 Å². The molecule has 0 radical (unpaired) electrons. The molecule has 2 heterocycles. The summed E-state index contributed by atoms with van der Waals surface area (Å²) in [4.78, 5) is 6.05. The highest BCUT2D eigenvalue weighted by Gasteiger charge is 2.16. The molecule has 0 aliphatic rings. The van der Waals surface area contributed by atoms with Crippen molar-refractivity contribution < 1.29 is 0 Å². The summed E-state index contributed by atoms with van der Waals surface area (Å²) in [6.45, 7) is 7.46. The topological polar surface area (TPSA) is 24.9 Å². The first-order valence-electron chi connectivity index (χ1n) is 6.99. The number of hydrogen-bond acceptors (Lipinski definition) is 3. The average molecular weight is 353 g/mol. The maximum atomic E-state index is 4.66. The van der Waals surface area contributed by atoms with Crippen molar-refractivity contribution in [3.8, 4) is 0 Å². The molecule has 108 valence electrons. The number of aromatic nitrogens is 1. The third-order valence-corrected chi connectivity index (χ3v) is 4.97. The first kappa shape index (κ1) is 15.7. The summed E-state index contributed by atoms with van der Waals surface area (Å²) in [5.74, 6) is 0. The molecule has 0 aromatic carbocycles. The number of pyridine rings is 1. The van der Waals surface area contributed by atoms with Crippen molar-refractivity contribution in [3.05, 3.63) is 49.9 Å². The number of rotatable bonds is 6. The van der Waals surface area contributed by atoms with Gasteiger partial charge in [-0.3, -0.25) is 4.98 Å². The summed E-state index contributed by atoms with van der Waals surface area (Å²) in [5, 5.41) is 5.77. The lowest BCUT2D eigenvalue weighted by molar-refractivity contribution is 0.518. The van der Waals surface area contributed by atoms with E-state index in [1.165, 1.54) is 26.2 Å². The predicted octanol–water partition coefficient (Wildman–Crippen LogP) is 4.81. The highest BCUT2D eigenvalue weighted by molar-refractivity contribution is 9.10. The first-order valence-corrected chi connectivity index (χ1v) is 8.67. The van der Waals surface area contributed by atoms with Crippen molar-refractivity contribution in [2.75, 3.05) is 6.54 Å². The molecule has 1 atom stereocenters. The van der Waals surface area contributed by atoms with Gasteiger partial charge in [-0.25, -0.2) is 0 Å². The predicted molar refractivity (Wildman–Crippen MR) is 90.5 cm³/mol. The van der Waals surface area contributed by atoms with E-state index in [-0.39, 0.29) is 0 Å². The van der Waals surface area contributed by atoms with Crippen LogP contribution >= 0.6 is 27.3 Å². The van der Waals surface area contributed by atoms with Crippen molar-refractivity contribution in [1.29, 1.82) is 0 Å². The van der Waals surface area contributed by atoms with Crippen molar-refractivity contribution in [2.24, 2.45) is 0 Å². The van der Waals surface area contributed by atoms with E-state index < -0.39 is 0 Å². The number of thiophene rings is 1. The number of nitrogens with one attached hydrogen (secondary N) is 1. The molecule has 1 unspecified atom stereocenters. The van der Waals surface area contributed by atoms with Gasteiger partial charge < -0.3 is 5.32 Å². The summed E-state index contributed by atoms with van der Waals surface area (Å²) in [7, 11) is 0. The largest absolute Gasteiger partial charge is 0.308 e. The maximum absolute atomic E-state index is 4.66. The van der Waals surface area contributed by atoms with Crippen molar-refractivity contribution in [3.63, 3.8) is 0 Å². The minimum atomic E-state index is 0.293. The third kappa shape index (κ3) is 4.14. The molecular weight excluding hydrogens is 332 g/mol. The standard InChI is InChI=1S/C16H21BrN2S/c1-4-5-18-15(8-14-7-13(17)10-20-14)16-12(3)6-11(2)9-19-16/h6-7,9-10,15,18H,4-5,8H2,1-3H3.